The number of hydrogen-bond donors (Lipinski definition) is 1. The number of rotatable bonds is 2. The lowest BCUT2D eigenvalue weighted by Crippen LogP contribution is -1.89. The monoisotopic (exact) mass is 147 g/mol. The van der Waals surface area contributed by atoms with E-state index in [2.05, 4.69) is 0 Å². The van der Waals surface area contributed by atoms with E-state index >= 15 is 0 Å². The molecule has 0 saturated heterocycles. The number of benzene rings is 1. The van der Waals surface area contributed by atoms with Crippen LogP contribution in [-0.4, -0.2) is 6.29 Å². The molecule has 0 aliphatic carbocycles. The number of hydrogen-bond acceptors (Lipinski definition) is 2. The van der Waals surface area contributed by atoms with Gasteiger partial charge in [-0.3, -0.25) is 4.79 Å². The molecule has 0 saturated carbocycles. The molecule has 1 aromatic carbocycles. The summed E-state index contributed by atoms with van der Waals surface area (Å²) >= 11 is 0. The topological polar surface area (TPSA) is 43.1 Å². The van der Waals surface area contributed by atoms with Crippen LogP contribution in [0.25, 0.3) is 5.57 Å². The minimum absolute atomic E-state index is 0.519. The Labute approximate surface area is 65.3 Å². The molecular weight excluding hydrogens is 138 g/mol. The molecule has 2 nitrogen and oxygen atoms in total. The Kier molecular flexibility index (Phi) is 2.44. The van der Waals surface area contributed by atoms with Crippen molar-refractivity contribution in [3.05, 3.63) is 42.1 Å². The summed E-state index contributed by atoms with van der Waals surface area (Å²) in [5.41, 5.74) is 6.59. The Hall–Kier alpha value is -1.57. The predicted molar refractivity (Wildman–Crippen MR) is 44.7 cm³/mol. The Morgan fingerprint density at radius 3 is 2.36 bits per heavy atom. The molecule has 0 amide bonds. The van der Waals surface area contributed by atoms with Crippen molar-refractivity contribution in [1.29, 1.82) is 0 Å². The second-order valence-electron chi connectivity index (χ2n) is 2.11. The Bertz CT molecular complexity index is 264. The molecule has 0 spiro atoms. The molecule has 11 heavy (non-hydrogen) atoms. The van der Waals surface area contributed by atoms with Gasteiger partial charge < -0.3 is 5.73 Å². The highest BCUT2D eigenvalue weighted by molar-refractivity contribution is 6.06. The van der Waals surface area contributed by atoms with Crippen LogP contribution in [0.1, 0.15) is 5.56 Å². The normalized spacial score (nSPS) is 11.1. The SMILES string of the molecule is N/C=C(\C=O)c1ccccc1. The number of carbonyl (C=O) groups excluding carboxylic acids is 1. The number of carbonyl (C=O) groups is 1. The molecule has 0 aliphatic heterocycles. The largest absolute Gasteiger partial charge is 0.404 e. The van der Waals surface area contributed by atoms with Crippen molar-refractivity contribution in [2.24, 2.45) is 5.73 Å². The lowest BCUT2D eigenvalue weighted by molar-refractivity contribution is -0.103. The van der Waals surface area contributed by atoms with Gasteiger partial charge in [0, 0.05) is 11.8 Å². The van der Waals surface area contributed by atoms with Crippen LogP contribution < -0.4 is 5.73 Å². The molecule has 0 unspecified atom stereocenters. The fourth-order valence-electron chi connectivity index (χ4n) is 0.834. The van der Waals surface area contributed by atoms with Crippen LogP contribution in [0.4, 0.5) is 0 Å². The van der Waals surface area contributed by atoms with Crippen LogP contribution in [0, 0.1) is 0 Å². The minimum atomic E-state index is 0.519. The lowest BCUT2D eigenvalue weighted by atomic mass is 10.1. The van der Waals surface area contributed by atoms with E-state index in [0.29, 0.717) is 5.57 Å². The van der Waals surface area contributed by atoms with Gasteiger partial charge in [0.2, 0.25) is 0 Å². The third kappa shape index (κ3) is 1.67. The van der Waals surface area contributed by atoms with Gasteiger partial charge in [0.25, 0.3) is 0 Å². The zero-order valence-corrected chi connectivity index (χ0v) is 6.03. The predicted octanol–water partition coefficient (Wildman–Crippen LogP) is 1.19. The summed E-state index contributed by atoms with van der Waals surface area (Å²) in [6.07, 6.45) is 2.05. The van der Waals surface area contributed by atoms with Gasteiger partial charge >= 0.3 is 0 Å². The third-order valence-electron chi connectivity index (χ3n) is 1.41. The average molecular weight is 147 g/mol. The number of allylic oxidation sites excluding steroid dienone is 1. The average Bonchev–Trinajstić information content (AvgIpc) is 2.09. The van der Waals surface area contributed by atoms with Gasteiger partial charge in [-0.05, 0) is 5.56 Å². The highest BCUT2D eigenvalue weighted by atomic mass is 16.1. The standard InChI is InChI=1S/C9H9NO/c10-6-9(7-11)8-4-2-1-3-5-8/h1-7H,10H2/b9-6+. The van der Waals surface area contributed by atoms with Gasteiger partial charge in [-0.25, -0.2) is 0 Å². The molecule has 2 N–H and O–H groups in total. The lowest BCUT2D eigenvalue weighted by Gasteiger charge is -1.95. The third-order valence-corrected chi connectivity index (χ3v) is 1.41. The molecule has 0 bridgehead atoms. The minimum Gasteiger partial charge on any atom is -0.404 e. The maximum atomic E-state index is 10.4. The van der Waals surface area contributed by atoms with Gasteiger partial charge in [0.15, 0.2) is 6.29 Å². The quantitative estimate of drug-likeness (QED) is 0.504. The Morgan fingerprint density at radius 1 is 1.27 bits per heavy atom. The van der Waals surface area contributed by atoms with E-state index in [9.17, 15) is 4.79 Å². The number of nitrogens with two attached hydrogens (primary N) is 1. The van der Waals surface area contributed by atoms with Crippen molar-refractivity contribution < 1.29 is 4.79 Å². The zero-order valence-electron chi connectivity index (χ0n) is 6.03. The zero-order chi connectivity index (χ0) is 8.10. The molecule has 1 rings (SSSR count). The first-order chi connectivity index (χ1) is 5.38. The van der Waals surface area contributed by atoms with Crippen molar-refractivity contribution in [3.63, 3.8) is 0 Å². The van der Waals surface area contributed by atoms with Crippen molar-refractivity contribution in [2.75, 3.05) is 0 Å². The fourth-order valence-corrected chi connectivity index (χ4v) is 0.834. The fraction of sp³-hybridized carbons (Fsp3) is 0. The molecule has 1 aromatic rings. The summed E-state index contributed by atoms with van der Waals surface area (Å²) in [6, 6.07) is 9.30. The summed E-state index contributed by atoms with van der Waals surface area (Å²) < 4.78 is 0. The second-order valence-corrected chi connectivity index (χ2v) is 2.11. The highest BCUT2D eigenvalue weighted by Gasteiger charge is 1.95. The summed E-state index contributed by atoms with van der Waals surface area (Å²) in [7, 11) is 0. The van der Waals surface area contributed by atoms with E-state index in [1.807, 2.05) is 30.3 Å². The molecule has 0 radical (unpaired) electrons. The smallest absolute Gasteiger partial charge is 0.152 e. The molecule has 2 heteroatoms. The van der Waals surface area contributed by atoms with E-state index < -0.39 is 0 Å². The van der Waals surface area contributed by atoms with E-state index in [0.717, 1.165) is 11.8 Å². The molecule has 0 atom stereocenters. The maximum Gasteiger partial charge on any atom is 0.152 e. The second kappa shape index (κ2) is 3.56. The Morgan fingerprint density at radius 2 is 1.91 bits per heavy atom. The molecule has 0 aromatic heterocycles. The first-order valence-corrected chi connectivity index (χ1v) is 3.31. The van der Waals surface area contributed by atoms with Gasteiger partial charge in [-0.15, -0.1) is 0 Å². The van der Waals surface area contributed by atoms with Crippen LogP contribution in [0.5, 0.6) is 0 Å². The summed E-state index contributed by atoms with van der Waals surface area (Å²) in [5, 5.41) is 0. The number of aldehydes is 1. The van der Waals surface area contributed by atoms with Crippen LogP contribution in [0.15, 0.2) is 36.5 Å². The van der Waals surface area contributed by atoms with Crippen LogP contribution in [0.2, 0.25) is 0 Å². The maximum absolute atomic E-state index is 10.4. The van der Waals surface area contributed by atoms with Crippen molar-refractivity contribution in [2.45, 2.75) is 0 Å². The molecule has 0 heterocycles. The summed E-state index contributed by atoms with van der Waals surface area (Å²) in [4.78, 5) is 10.4. The van der Waals surface area contributed by atoms with E-state index in [1.54, 1.807) is 0 Å². The first kappa shape index (κ1) is 7.54. The molecule has 56 valence electrons. The molecular formula is C9H9NO. The van der Waals surface area contributed by atoms with E-state index in [4.69, 9.17) is 5.73 Å². The van der Waals surface area contributed by atoms with Gasteiger partial charge in [-0.2, -0.15) is 0 Å². The van der Waals surface area contributed by atoms with Gasteiger partial charge in [-0.1, -0.05) is 30.3 Å². The van der Waals surface area contributed by atoms with Gasteiger partial charge in [0.1, 0.15) is 0 Å². The van der Waals surface area contributed by atoms with Crippen LogP contribution >= 0.6 is 0 Å². The van der Waals surface area contributed by atoms with E-state index in [1.165, 1.54) is 6.20 Å². The first-order valence-electron chi connectivity index (χ1n) is 3.31. The highest BCUT2D eigenvalue weighted by Crippen LogP contribution is 2.08. The van der Waals surface area contributed by atoms with Crippen LogP contribution in [-0.2, 0) is 4.79 Å². The van der Waals surface area contributed by atoms with E-state index in [-0.39, 0.29) is 0 Å². The van der Waals surface area contributed by atoms with Crippen molar-refractivity contribution in [3.8, 4) is 0 Å². The molecule has 0 fully saturated rings. The van der Waals surface area contributed by atoms with Gasteiger partial charge in [0.05, 0.1) is 0 Å². The summed E-state index contributed by atoms with van der Waals surface area (Å²) in [5.74, 6) is 0. The summed E-state index contributed by atoms with van der Waals surface area (Å²) in [6.45, 7) is 0. The van der Waals surface area contributed by atoms with Crippen LogP contribution in [0.3, 0.4) is 0 Å². The Balaban J connectivity index is 3.01. The van der Waals surface area contributed by atoms with Crippen molar-refractivity contribution >= 4 is 11.9 Å². The molecule has 0 aliphatic rings. The van der Waals surface area contributed by atoms with Crippen molar-refractivity contribution in [1.82, 2.24) is 0 Å².